The van der Waals surface area contributed by atoms with Gasteiger partial charge in [0.05, 0.1) is 12.8 Å². The van der Waals surface area contributed by atoms with Gasteiger partial charge in [0.25, 0.3) is 5.56 Å². The molecule has 1 N–H and O–H groups in total. The number of rotatable bonds is 5. The van der Waals surface area contributed by atoms with E-state index in [1.165, 1.54) is 12.1 Å². The first-order valence-electron chi connectivity index (χ1n) is 7.78. The van der Waals surface area contributed by atoms with E-state index in [1.54, 1.807) is 37.4 Å². The van der Waals surface area contributed by atoms with Crippen LogP contribution in [0.3, 0.4) is 0 Å². The van der Waals surface area contributed by atoms with Gasteiger partial charge in [0.2, 0.25) is 0 Å². The van der Waals surface area contributed by atoms with E-state index < -0.39 is 11.4 Å². The third-order valence-electron chi connectivity index (χ3n) is 3.79. The summed E-state index contributed by atoms with van der Waals surface area (Å²) in [7, 11) is 1.55. The van der Waals surface area contributed by atoms with Crippen molar-refractivity contribution in [2.24, 2.45) is 0 Å². The van der Waals surface area contributed by atoms with Crippen molar-refractivity contribution >= 4 is 23.4 Å². The monoisotopic (exact) mass is 401 g/mol. The minimum atomic E-state index is -0.555. The zero-order valence-electron chi connectivity index (χ0n) is 14.1. The van der Waals surface area contributed by atoms with Crippen LogP contribution in [0.25, 0.3) is 11.3 Å². The van der Waals surface area contributed by atoms with E-state index in [2.05, 4.69) is 9.97 Å². The lowest BCUT2D eigenvalue weighted by Gasteiger charge is -2.08. The van der Waals surface area contributed by atoms with Crippen LogP contribution in [-0.2, 0) is 5.75 Å². The Labute approximate surface area is 163 Å². The second-order valence-corrected chi connectivity index (χ2v) is 6.80. The van der Waals surface area contributed by atoms with Gasteiger partial charge in [-0.15, -0.1) is 0 Å². The van der Waals surface area contributed by atoms with Gasteiger partial charge in [-0.05, 0) is 36.4 Å². The van der Waals surface area contributed by atoms with E-state index in [1.807, 2.05) is 6.07 Å². The first-order valence-corrected chi connectivity index (χ1v) is 9.14. The van der Waals surface area contributed by atoms with Crippen molar-refractivity contribution in [1.82, 2.24) is 9.97 Å². The predicted octanol–water partition coefficient (Wildman–Crippen LogP) is 4.40. The van der Waals surface area contributed by atoms with E-state index in [4.69, 9.17) is 16.3 Å². The highest BCUT2D eigenvalue weighted by Gasteiger charge is 2.15. The number of ether oxygens (including phenoxy) is 1. The zero-order chi connectivity index (χ0) is 19.4. The molecule has 8 heteroatoms. The topological polar surface area (TPSA) is 78.8 Å². The number of nitrogens with one attached hydrogen (secondary N) is 1. The molecule has 0 radical (unpaired) electrons. The lowest BCUT2D eigenvalue weighted by Crippen LogP contribution is -2.14. The van der Waals surface area contributed by atoms with Gasteiger partial charge >= 0.3 is 0 Å². The molecule has 3 rings (SSSR count). The molecule has 0 saturated carbocycles. The van der Waals surface area contributed by atoms with E-state index in [0.29, 0.717) is 21.9 Å². The fraction of sp³-hybridized carbons (Fsp3) is 0.105. The number of hydrogen-bond acceptors (Lipinski definition) is 5. The van der Waals surface area contributed by atoms with Crippen LogP contribution in [0.15, 0.2) is 52.4 Å². The highest BCUT2D eigenvalue weighted by molar-refractivity contribution is 7.98. The third-order valence-corrected chi connectivity index (χ3v) is 5.04. The van der Waals surface area contributed by atoms with Crippen LogP contribution in [0.1, 0.15) is 11.1 Å². The molecular formula is C19H13ClFN3O2S. The molecule has 0 spiro atoms. The van der Waals surface area contributed by atoms with Gasteiger partial charge < -0.3 is 9.72 Å². The van der Waals surface area contributed by atoms with Crippen LogP contribution in [0.2, 0.25) is 5.02 Å². The maximum Gasteiger partial charge on any atom is 0.270 e. The summed E-state index contributed by atoms with van der Waals surface area (Å²) in [5, 5.41) is 9.89. The average molecular weight is 402 g/mol. The zero-order valence-corrected chi connectivity index (χ0v) is 15.7. The molecule has 0 aliphatic heterocycles. The fourth-order valence-corrected chi connectivity index (χ4v) is 3.60. The lowest BCUT2D eigenvalue weighted by atomic mass is 10.1. The number of thioether (sulfide) groups is 1. The van der Waals surface area contributed by atoms with Crippen LogP contribution in [0.4, 0.5) is 4.39 Å². The van der Waals surface area contributed by atoms with Gasteiger partial charge in [-0.2, -0.15) is 5.26 Å². The van der Waals surface area contributed by atoms with E-state index in [9.17, 15) is 14.4 Å². The quantitative estimate of drug-likeness (QED) is 0.506. The Kier molecular flexibility index (Phi) is 5.79. The molecule has 1 heterocycles. The number of methoxy groups -OCH3 is 1. The van der Waals surface area contributed by atoms with Crippen LogP contribution in [-0.4, -0.2) is 17.1 Å². The molecule has 0 atom stereocenters. The van der Waals surface area contributed by atoms with Crippen molar-refractivity contribution < 1.29 is 9.13 Å². The first-order chi connectivity index (χ1) is 13.0. The van der Waals surface area contributed by atoms with Crippen molar-refractivity contribution in [3.63, 3.8) is 0 Å². The van der Waals surface area contributed by atoms with Crippen LogP contribution in [0.5, 0.6) is 5.75 Å². The van der Waals surface area contributed by atoms with Crippen molar-refractivity contribution in [3.8, 4) is 23.1 Å². The highest BCUT2D eigenvalue weighted by Crippen LogP contribution is 2.28. The normalized spacial score (nSPS) is 10.4. The fourth-order valence-electron chi connectivity index (χ4n) is 2.39. The molecule has 0 saturated heterocycles. The molecule has 136 valence electrons. The summed E-state index contributed by atoms with van der Waals surface area (Å²) in [6.45, 7) is 0. The van der Waals surface area contributed by atoms with Crippen LogP contribution in [0, 0.1) is 17.1 Å². The van der Waals surface area contributed by atoms with Crippen LogP contribution < -0.4 is 10.3 Å². The number of halogens is 2. The number of benzene rings is 2. The van der Waals surface area contributed by atoms with Gasteiger partial charge in [-0.3, -0.25) is 4.79 Å². The summed E-state index contributed by atoms with van der Waals surface area (Å²) in [5.41, 5.74) is 0.534. The Morgan fingerprint density at radius 3 is 2.67 bits per heavy atom. The van der Waals surface area contributed by atoms with Crippen molar-refractivity contribution in [3.05, 3.63) is 74.8 Å². The Morgan fingerprint density at radius 1 is 1.30 bits per heavy atom. The standard InChI is InChI=1S/C19H13ClFN3O2S/c1-26-12-7-5-11(6-8-12)17-13(9-22)18(25)24-19(23-17)27-10-14-15(20)3-2-4-16(14)21/h2-8H,10H2,1H3,(H,23,24,25). The molecule has 5 nitrogen and oxygen atoms in total. The average Bonchev–Trinajstić information content (AvgIpc) is 2.67. The molecule has 27 heavy (non-hydrogen) atoms. The van der Waals surface area contributed by atoms with E-state index >= 15 is 0 Å². The third kappa shape index (κ3) is 4.13. The van der Waals surface area contributed by atoms with Gasteiger partial charge in [0.15, 0.2) is 5.16 Å². The molecule has 0 bridgehead atoms. The summed E-state index contributed by atoms with van der Waals surface area (Å²) in [6.07, 6.45) is 0. The molecule has 0 fully saturated rings. The highest BCUT2D eigenvalue weighted by atomic mass is 35.5. The minimum Gasteiger partial charge on any atom is -0.497 e. The molecule has 0 aliphatic rings. The Morgan fingerprint density at radius 2 is 2.04 bits per heavy atom. The summed E-state index contributed by atoms with van der Waals surface area (Å²) in [5.74, 6) is 0.398. The molecule has 0 amide bonds. The minimum absolute atomic E-state index is 0.0894. The Bertz CT molecular complexity index is 1060. The van der Waals surface area contributed by atoms with Gasteiger partial charge in [-0.1, -0.05) is 29.4 Å². The summed E-state index contributed by atoms with van der Waals surface area (Å²) >= 11 is 7.16. The van der Waals surface area contributed by atoms with E-state index in [-0.39, 0.29) is 22.2 Å². The molecule has 0 aliphatic carbocycles. The maximum absolute atomic E-state index is 13.9. The van der Waals surface area contributed by atoms with Gasteiger partial charge in [-0.25, -0.2) is 9.37 Å². The SMILES string of the molecule is COc1ccc(-c2nc(SCc3c(F)cccc3Cl)[nH]c(=O)c2C#N)cc1. The number of nitrogens with zero attached hydrogens (tertiary/aromatic N) is 2. The van der Waals surface area contributed by atoms with Crippen molar-refractivity contribution in [2.45, 2.75) is 10.9 Å². The first kappa shape index (κ1) is 19.0. The number of aromatic nitrogens is 2. The van der Waals surface area contributed by atoms with E-state index in [0.717, 1.165) is 11.8 Å². The molecule has 0 unspecified atom stereocenters. The summed E-state index contributed by atoms with van der Waals surface area (Å²) < 4.78 is 19.0. The smallest absolute Gasteiger partial charge is 0.270 e. The maximum atomic E-state index is 13.9. The number of aromatic amines is 1. The Balaban J connectivity index is 1.97. The Hall–Kier alpha value is -2.82. The number of nitriles is 1. The molecular weight excluding hydrogens is 389 g/mol. The second-order valence-electron chi connectivity index (χ2n) is 5.42. The van der Waals surface area contributed by atoms with Gasteiger partial charge in [0.1, 0.15) is 23.2 Å². The van der Waals surface area contributed by atoms with Gasteiger partial charge in [0, 0.05) is 21.9 Å². The predicted molar refractivity (Wildman–Crippen MR) is 103 cm³/mol. The van der Waals surface area contributed by atoms with Crippen molar-refractivity contribution in [1.29, 1.82) is 5.26 Å². The molecule has 1 aromatic heterocycles. The largest absolute Gasteiger partial charge is 0.497 e. The molecule has 3 aromatic rings. The van der Waals surface area contributed by atoms with Crippen molar-refractivity contribution in [2.75, 3.05) is 7.11 Å². The van der Waals surface area contributed by atoms with Crippen LogP contribution >= 0.6 is 23.4 Å². The summed E-state index contributed by atoms with van der Waals surface area (Å²) in [4.78, 5) is 19.2. The molecule has 2 aromatic carbocycles. The number of hydrogen-bond donors (Lipinski definition) is 1. The lowest BCUT2D eigenvalue weighted by molar-refractivity contribution is 0.415. The second kappa shape index (κ2) is 8.25. The summed E-state index contributed by atoms with van der Waals surface area (Å²) in [6, 6.07) is 13.2. The number of H-pyrrole nitrogens is 1.